The highest BCUT2D eigenvalue weighted by Gasteiger charge is 2.35. The molecule has 0 fully saturated rings. The quantitative estimate of drug-likeness (QED) is 0.159. The standard InChI is InChI=1S/C35H37Cl2N3O5S/c1-4-25(2)38-35(42)33(21-26-11-7-5-8-12-26)39(23-27-15-16-28(36)22-32(27)37)34(41)24-40(29-17-19-30(45-3)20-18-29)46(43,44)31-13-9-6-10-14-31/h5-20,22,25,33H,4,21,23-24H2,1-3H3,(H,38,42)/t25-,33+/m0/s1. The van der Waals surface area contributed by atoms with E-state index < -0.39 is 28.5 Å². The summed E-state index contributed by atoms with van der Waals surface area (Å²) in [6.07, 6.45) is 0.870. The van der Waals surface area contributed by atoms with Gasteiger partial charge in [-0.15, -0.1) is 0 Å². The number of ether oxygens (including phenoxy) is 1. The maximum Gasteiger partial charge on any atom is 0.264 e. The lowest BCUT2D eigenvalue weighted by molar-refractivity contribution is -0.140. The fourth-order valence-corrected chi connectivity index (χ4v) is 6.73. The van der Waals surface area contributed by atoms with Crippen LogP contribution in [-0.2, 0) is 32.6 Å². The average molecular weight is 683 g/mol. The fraction of sp³-hybridized carbons (Fsp3) is 0.257. The summed E-state index contributed by atoms with van der Waals surface area (Å²) < 4.78 is 34.5. The van der Waals surface area contributed by atoms with E-state index in [2.05, 4.69) is 5.32 Å². The lowest BCUT2D eigenvalue weighted by Gasteiger charge is -2.34. The topological polar surface area (TPSA) is 96.0 Å². The zero-order valence-corrected chi connectivity index (χ0v) is 28.2. The Hall–Kier alpha value is -4.05. The molecule has 2 atom stereocenters. The third kappa shape index (κ3) is 8.81. The molecule has 0 aliphatic heterocycles. The van der Waals surface area contributed by atoms with Gasteiger partial charge in [0.2, 0.25) is 11.8 Å². The van der Waals surface area contributed by atoms with Crippen molar-refractivity contribution in [2.45, 2.75) is 50.2 Å². The zero-order chi connectivity index (χ0) is 33.3. The molecule has 0 aliphatic rings. The minimum absolute atomic E-state index is 0.0151. The molecule has 0 spiro atoms. The molecule has 0 bridgehead atoms. The molecule has 1 N–H and O–H groups in total. The van der Waals surface area contributed by atoms with E-state index in [1.54, 1.807) is 60.7 Å². The number of hydrogen-bond donors (Lipinski definition) is 1. The molecule has 0 heterocycles. The molecule has 11 heteroatoms. The molecular formula is C35H37Cl2N3O5S. The molecule has 8 nitrogen and oxygen atoms in total. The first-order chi connectivity index (χ1) is 22.0. The summed E-state index contributed by atoms with van der Waals surface area (Å²) in [4.78, 5) is 29.9. The van der Waals surface area contributed by atoms with E-state index in [-0.39, 0.29) is 35.5 Å². The summed E-state index contributed by atoms with van der Waals surface area (Å²) in [5.74, 6) is -0.434. The minimum atomic E-state index is -4.22. The van der Waals surface area contributed by atoms with Crippen molar-refractivity contribution in [2.75, 3.05) is 18.0 Å². The normalized spacial score (nSPS) is 12.5. The smallest absolute Gasteiger partial charge is 0.264 e. The van der Waals surface area contributed by atoms with Crippen LogP contribution in [0.2, 0.25) is 10.0 Å². The number of benzene rings is 4. The van der Waals surface area contributed by atoms with Crippen molar-refractivity contribution in [3.8, 4) is 5.75 Å². The molecule has 2 amide bonds. The maximum atomic E-state index is 14.5. The van der Waals surface area contributed by atoms with Gasteiger partial charge in [0.25, 0.3) is 10.0 Å². The molecule has 242 valence electrons. The van der Waals surface area contributed by atoms with Gasteiger partial charge < -0.3 is 15.0 Å². The highest BCUT2D eigenvalue weighted by atomic mass is 35.5. The second-order valence-corrected chi connectivity index (χ2v) is 13.5. The molecule has 4 aromatic rings. The molecule has 0 saturated carbocycles. The van der Waals surface area contributed by atoms with E-state index in [0.29, 0.717) is 27.8 Å². The van der Waals surface area contributed by atoms with Crippen LogP contribution in [0.5, 0.6) is 5.75 Å². The number of carbonyl (C=O) groups is 2. The van der Waals surface area contributed by atoms with Crippen LogP contribution < -0.4 is 14.4 Å². The van der Waals surface area contributed by atoms with E-state index >= 15 is 0 Å². The average Bonchev–Trinajstić information content (AvgIpc) is 3.06. The number of nitrogens with one attached hydrogen (secondary N) is 1. The van der Waals surface area contributed by atoms with E-state index in [9.17, 15) is 18.0 Å². The van der Waals surface area contributed by atoms with E-state index in [1.807, 2.05) is 44.2 Å². The Morgan fingerprint density at radius 2 is 1.52 bits per heavy atom. The number of carbonyl (C=O) groups excluding carboxylic acids is 2. The van der Waals surface area contributed by atoms with Crippen LogP contribution in [0, 0.1) is 0 Å². The zero-order valence-electron chi connectivity index (χ0n) is 25.9. The lowest BCUT2D eigenvalue weighted by Crippen LogP contribution is -2.54. The summed E-state index contributed by atoms with van der Waals surface area (Å²) >= 11 is 12.7. The van der Waals surface area contributed by atoms with E-state index in [1.165, 1.54) is 24.1 Å². The molecule has 0 aromatic heterocycles. The number of rotatable bonds is 14. The summed E-state index contributed by atoms with van der Waals surface area (Å²) in [6, 6.07) is 27.4. The van der Waals surface area contributed by atoms with Crippen molar-refractivity contribution in [3.05, 3.63) is 124 Å². The number of nitrogens with zero attached hydrogens (tertiary/aromatic N) is 2. The summed E-state index contributed by atoms with van der Waals surface area (Å²) in [6.45, 7) is 3.19. The minimum Gasteiger partial charge on any atom is -0.497 e. The monoisotopic (exact) mass is 681 g/mol. The van der Waals surface area contributed by atoms with Crippen LogP contribution in [0.25, 0.3) is 0 Å². The first kappa shape index (κ1) is 34.8. The Kier molecular flexibility index (Phi) is 12.1. The van der Waals surface area contributed by atoms with Crippen LogP contribution in [0.4, 0.5) is 5.69 Å². The Bertz CT molecular complexity index is 1720. The first-order valence-corrected chi connectivity index (χ1v) is 17.0. The third-order valence-electron chi connectivity index (χ3n) is 7.60. The number of halogens is 2. The number of hydrogen-bond acceptors (Lipinski definition) is 5. The van der Waals surface area contributed by atoms with Crippen molar-refractivity contribution in [3.63, 3.8) is 0 Å². The van der Waals surface area contributed by atoms with Gasteiger partial charge in [0.15, 0.2) is 0 Å². The molecule has 4 rings (SSSR count). The predicted octanol–water partition coefficient (Wildman–Crippen LogP) is 6.75. The lowest BCUT2D eigenvalue weighted by atomic mass is 10.0. The van der Waals surface area contributed by atoms with Gasteiger partial charge in [0.1, 0.15) is 18.3 Å². The van der Waals surface area contributed by atoms with Crippen LogP contribution in [0.15, 0.2) is 108 Å². The van der Waals surface area contributed by atoms with Crippen molar-refractivity contribution in [1.29, 1.82) is 0 Å². The second kappa shape index (κ2) is 16.0. The summed E-state index contributed by atoms with van der Waals surface area (Å²) in [7, 11) is -2.71. The van der Waals surface area contributed by atoms with E-state index in [4.69, 9.17) is 27.9 Å². The number of sulfonamides is 1. The highest BCUT2D eigenvalue weighted by molar-refractivity contribution is 7.92. The van der Waals surface area contributed by atoms with Crippen LogP contribution in [-0.4, -0.2) is 50.9 Å². The Labute approximate surface area is 280 Å². The van der Waals surface area contributed by atoms with Gasteiger partial charge >= 0.3 is 0 Å². The van der Waals surface area contributed by atoms with Gasteiger partial charge in [-0.1, -0.05) is 84.7 Å². The van der Waals surface area contributed by atoms with Gasteiger partial charge in [-0.25, -0.2) is 8.42 Å². The molecule has 4 aromatic carbocycles. The predicted molar refractivity (Wildman–Crippen MR) is 183 cm³/mol. The molecule has 0 aliphatic carbocycles. The number of anilines is 1. The summed E-state index contributed by atoms with van der Waals surface area (Å²) in [5.41, 5.74) is 1.64. The number of methoxy groups -OCH3 is 1. The molecular weight excluding hydrogens is 645 g/mol. The van der Waals surface area contributed by atoms with Crippen molar-refractivity contribution in [1.82, 2.24) is 10.2 Å². The van der Waals surface area contributed by atoms with Crippen molar-refractivity contribution in [2.24, 2.45) is 0 Å². The number of amides is 2. The summed E-state index contributed by atoms with van der Waals surface area (Å²) in [5, 5.41) is 3.75. The van der Waals surface area contributed by atoms with Crippen LogP contribution >= 0.6 is 23.2 Å². The van der Waals surface area contributed by atoms with E-state index in [0.717, 1.165) is 9.87 Å². The van der Waals surface area contributed by atoms with Gasteiger partial charge in [-0.3, -0.25) is 13.9 Å². The maximum absolute atomic E-state index is 14.5. The van der Waals surface area contributed by atoms with Gasteiger partial charge in [0, 0.05) is 29.1 Å². The van der Waals surface area contributed by atoms with Crippen LogP contribution in [0.1, 0.15) is 31.4 Å². The van der Waals surface area contributed by atoms with Crippen molar-refractivity contribution < 1.29 is 22.7 Å². The van der Waals surface area contributed by atoms with Gasteiger partial charge in [0.05, 0.1) is 17.7 Å². The van der Waals surface area contributed by atoms with Gasteiger partial charge in [-0.05, 0) is 73.0 Å². The Balaban J connectivity index is 1.82. The van der Waals surface area contributed by atoms with Crippen LogP contribution in [0.3, 0.4) is 0 Å². The third-order valence-corrected chi connectivity index (χ3v) is 9.97. The molecule has 0 unspecified atom stereocenters. The first-order valence-electron chi connectivity index (χ1n) is 14.8. The fourth-order valence-electron chi connectivity index (χ4n) is 4.83. The van der Waals surface area contributed by atoms with Gasteiger partial charge in [-0.2, -0.15) is 0 Å². The Morgan fingerprint density at radius 3 is 2.11 bits per heavy atom. The molecule has 0 saturated heterocycles. The highest BCUT2D eigenvalue weighted by Crippen LogP contribution is 2.28. The second-order valence-electron chi connectivity index (χ2n) is 10.8. The SMILES string of the molecule is CC[C@H](C)NC(=O)[C@@H](Cc1ccccc1)N(Cc1ccc(Cl)cc1Cl)C(=O)CN(c1ccc(OC)cc1)S(=O)(=O)c1ccccc1. The van der Waals surface area contributed by atoms with Crippen molar-refractivity contribution >= 4 is 50.7 Å². The molecule has 0 radical (unpaired) electrons. The molecule has 46 heavy (non-hydrogen) atoms. The largest absolute Gasteiger partial charge is 0.497 e. The Morgan fingerprint density at radius 1 is 0.891 bits per heavy atom.